The summed E-state index contributed by atoms with van der Waals surface area (Å²) in [6.07, 6.45) is 4.93. The van der Waals surface area contributed by atoms with Gasteiger partial charge in [0.1, 0.15) is 28.8 Å². The molecule has 0 bridgehead atoms. The Morgan fingerprint density at radius 3 is 2.42 bits per heavy atom. The van der Waals surface area contributed by atoms with E-state index in [4.69, 9.17) is 14.2 Å². The van der Waals surface area contributed by atoms with E-state index in [2.05, 4.69) is 0 Å². The number of Topliss-reactive ketones (excluding diaryl/α,β-unsaturated/α-hetero) is 1. The molecule has 0 spiro atoms. The number of hydrogen-bond acceptors (Lipinski definition) is 6. The fraction of sp³-hybridized carbons (Fsp3) is 0.577. The first-order valence-corrected chi connectivity index (χ1v) is 11.7. The Morgan fingerprint density at radius 1 is 1.21 bits per heavy atom. The lowest BCUT2D eigenvalue weighted by Crippen LogP contribution is -2.37. The standard InChI is InChI=1S/C26H34O7/c1-8-10-17(16(9-2)25(29)30)19-23-18(11-12-26(6,7)33-23)22(32-15(5)27)20-21(28)13(3)14(4)31-24(19)20/h11-14,16-17H,8-10H2,1-7H3,(H,29,30)/t13-,14-,16-,17+/m0/s1. The van der Waals surface area contributed by atoms with Gasteiger partial charge < -0.3 is 19.3 Å². The van der Waals surface area contributed by atoms with E-state index in [9.17, 15) is 19.5 Å². The summed E-state index contributed by atoms with van der Waals surface area (Å²) in [7, 11) is 0. The number of esters is 1. The van der Waals surface area contributed by atoms with Crippen molar-refractivity contribution in [2.24, 2.45) is 11.8 Å². The molecule has 33 heavy (non-hydrogen) atoms. The number of aliphatic carboxylic acids is 1. The van der Waals surface area contributed by atoms with Crippen molar-refractivity contribution in [3.05, 3.63) is 22.8 Å². The first kappa shape index (κ1) is 24.8. The van der Waals surface area contributed by atoms with Crippen LogP contribution < -0.4 is 14.2 Å². The van der Waals surface area contributed by atoms with Crippen molar-refractivity contribution in [1.82, 2.24) is 0 Å². The van der Waals surface area contributed by atoms with E-state index in [0.29, 0.717) is 29.7 Å². The van der Waals surface area contributed by atoms with E-state index in [1.165, 1.54) is 6.92 Å². The van der Waals surface area contributed by atoms with Gasteiger partial charge in [-0.1, -0.05) is 27.2 Å². The minimum Gasteiger partial charge on any atom is -0.489 e. The van der Waals surface area contributed by atoms with Crippen LogP contribution in [0.4, 0.5) is 0 Å². The molecule has 2 aliphatic heterocycles. The molecule has 3 rings (SSSR count). The van der Waals surface area contributed by atoms with E-state index in [-0.39, 0.29) is 22.8 Å². The summed E-state index contributed by atoms with van der Waals surface area (Å²) in [5, 5.41) is 10.0. The third kappa shape index (κ3) is 4.50. The van der Waals surface area contributed by atoms with Crippen molar-refractivity contribution in [3.63, 3.8) is 0 Å². The maximum Gasteiger partial charge on any atom is 0.308 e. The first-order valence-electron chi connectivity index (χ1n) is 11.7. The van der Waals surface area contributed by atoms with Crippen LogP contribution in [0, 0.1) is 11.8 Å². The maximum atomic E-state index is 13.5. The molecule has 4 atom stereocenters. The van der Waals surface area contributed by atoms with Crippen LogP contribution >= 0.6 is 0 Å². The van der Waals surface area contributed by atoms with Gasteiger partial charge in [-0.2, -0.15) is 0 Å². The van der Waals surface area contributed by atoms with Gasteiger partial charge in [0.15, 0.2) is 11.5 Å². The molecular weight excluding hydrogens is 424 g/mol. The molecular formula is C26H34O7. The molecule has 7 nitrogen and oxygen atoms in total. The summed E-state index contributed by atoms with van der Waals surface area (Å²) in [6.45, 7) is 12.5. The second kappa shape index (κ2) is 9.20. The average molecular weight is 459 g/mol. The highest BCUT2D eigenvalue weighted by Gasteiger charge is 2.44. The molecule has 180 valence electrons. The number of rotatable bonds is 7. The maximum absolute atomic E-state index is 13.5. The summed E-state index contributed by atoms with van der Waals surface area (Å²) < 4.78 is 18.2. The Labute approximate surface area is 195 Å². The molecule has 0 aliphatic carbocycles. The lowest BCUT2D eigenvalue weighted by atomic mass is 9.76. The molecule has 7 heteroatoms. The summed E-state index contributed by atoms with van der Waals surface area (Å²) in [4.78, 5) is 37.8. The van der Waals surface area contributed by atoms with Crippen LogP contribution in [0.25, 0.3) is 6.08 Å². The number of carbonyl (C=O) groups is 3. The molecule has 0 radical (unpaired) electrons. The lowest BCUT2D eigenvalue weighted by Gasteiger charge is -2.38. The van der Waals surface area contributed by atoms with E-state index < -0.39 is 41.4 Å². The summed E-state index contributed by atoms with van der Waals surface area (Å²) >= 11 is 0. The van der Waals surface area contributed by atoms with Crippen molar-refractivity contribution in [2.45, 2.75) is 85.4 Å². The Hall–Kier alpha value is -2.83. The number of ether oxygens (including phenoxy) is 3. The highest BCUT2D eigenvalue weighted by Crippen LogP contribution is 2.55. The number of ketones is 1. The molecule has 0 aromatic heterocycles. The molecule has 0 amide bonds. The minimum atomic E-state index is -0.906. The van der Waals surface area contributed by atoms with Crippen LogP contribution in [0.3, 0.4) is 0 Å². The number of carboxylic acids is 1. The number of fused-ring (bicyclic) bond motifs is 2. The van der Waals surface area contributed by atoms with Gasteiger partial charge in [0, 0.05) is 18.4 Å². The van der Waals surface area contributed by atoms with Crippen LogP contribution in [0.2, 0.25) is 0 Å². The van der Waals surface area contributed by atoms with Gasteiger partial charge in [-0.15, -0.1) is 0 Å². The molecule has 0 fully saturated rings. The molecule has 0 saturated carbocycles. The number of carbonyl (C=O) groups excluding carboxylic acids is 2. The van der Waals surface area contributed by atoms with Crippen LogP contribution in [0.15, 0.2) is 6.08 Å². The SMILES string of the molecule is CCC[C@@H](c1c2c(c(OC(C)=O)c3c1O[C@@H](C)[C@H](C)C3=O)C=CC(C)(C)O2)[C@H](CC)C(=O)O. The number of carboxylic acid groups (broad SMARTS) is 1. The second-order valence-corrected chi connectivity index (χ2v) is 9.55. The molecule has 1 N–H and O–H groups in total. The van der Waals surface area contributed by atoms with Crippen molar-refractivity contribution < 1.29 is 33.7 Å². The van der Waals surface area contributed by atoms with Crippen molar-refractivity contribution in [1.29, 1.82) is 0 Å². The average Bonchev–Trinajstić information content (AvgIpc) is 2.70. The normalized spacial score (nSPS) is 22.3. The van der Waals surface area contributed by atoms with Gasteiger partial charge in [0.25, 0.3) is 0 Å². The van der Waals surface area contributed by atoms with Crippen LogP contribution in [0.1, 0.15) is 95.1 Å². The predicted octanol–water partition coefficient (Wildman–Crippen LogP) is 5.39. The third-order valence-corrected chi connectivity index (χ3v) is 6.58. The highest BCUT2D eigenvalue weighted by atomic mass is 16.5. The van der Waals surface area contributed by atoms with E-state index in [0.717, 1.165) is 6.42 Å². The van der Waals surface area contributed by atoms with Crippen molar-refractivity contribution >= 4 is 23.8 Å². The van der Waals surface area contributed by atoms with Crippen LogP contribution in [-0.2, 0) is 9.59 Å². The van der Waals surface area contributed by atoms with Gasteiger partial charge >= 0.3 is 11.9 Å². The Balaban J connectivity index is 2.46. The molecule has 2 heterocycles. The number of hydrogen-bond donors (Lipinski definition) is 1. The fourth-order valence-corrected chi connectivity index (χ4v) is 4.72. The van der Waals surface area contributed by atoms with Crippen molar-refractivity contribution in [3.8, 4) is 17.2 Å². The molecule has 2 aliphatic rings. The van der Waals surface area contributed by atoms with Crippen molar-refractivity contribution in [2.75, 3.05) is 0 Å². The lowest BCUT2D eigenvalue weighted by molar-refractivity contribution is -0.142. The zero-order chi connectivity index (χ0) is 24.7. The molecule has 0 unspecified atom stereocenters. The molecule has 1 aromatic carbocycles. The van der Waals surface area contributed by atoms with Crippen LogP contribution in [-0.4, -0.2) is 34.5 Å². The van der Waals surface area contributed by atoms with E-state index in [1.807, 2.05) is 40.7 Å². The zero-order valence-corrected chi connectivity index (χ0v) is 20.5. The Kier molecular flexibility index (Phi) is 6.91. The number of benzene rings is 1. The fourth-order valence-electron chi connectivity index (χ4n) is 4.72. The van der Waals surface area contributed by atoms with Gasteiger partial charge in [-0.3, -0.25) is 14.4 Å². The van der Waals surface area contributed by atoms with Gasteiger partial charge in [0.05, 0.1) is 17.4 Å². The van der Waals surface area contributed by atoms with Gasteiger partial charge in [-0.05, 0) is 45.8 Å². The Morgan fingerprint density at radius 2 is 1.88 bits per heavy atom. The molecule has 0 saturated heterocycles. The van der Waals surface area contributed by atoms with Crippen LogP contribution in [0.5, 0.6) is 17.2 Å². The second-order valence-electron chi connectivity index (χ2n) is 9.55. The molecule has 1 aromatic rings. The monoisotopic (exact) mass is 458 g/mol. The smallest absolute Gasteiger partial charge is 0.308 e. The predicted molar refractivity (Wildman–Crippen MR) is 124 cm³/mol. The minimum absolute atomic E-state index is 0.116. The topological polar surface area (TPSA) is 99.1 Å². The summed E-state index contributed by atoms with van der Waals surface area (Å²) in [5.74, 6) is -2.43. The largest absolute Gasteiger partial charge is 0.489 e. The highest BCUT2D eigenvalue weighted by molar-refractivity contribution is 6.07. The van der Waals surface area contributed by atoms with Gasteiger partial charge in [0.2, 0.25) is 0 Å². The van der Waals surface area contributed by atoms with E-state index >= 15 is 0 Å². The summed E-state index contributed by atoms with van der Waals surface area (Å²) in [5.41, 5.74) is 0.566. The first-order chi connectivity index (χ1) is 15.4. The van der Waals surface area contributed by atoms with E-state index in [1.54, 1.807) is 13.0 Å². The van der Waals surface area contributed by atoms with Gasteiger partial charge in [-0.25, -0.2) is 0 Å². The Bertz CT molecular complexity index is 1000. The third-order valence-electron chi connectivity index (χ3n) is 6.58. The summed E-state index contributed by atoms with van der Waals surface area (Å²) in [6, 6.07) is 0. The quantitative estimate of drug-likeness (QED) is 0.432. The zero-order valence-electron chi connectivity index (χ0n) is 20.5.